The number of hydrogen-bond acceptors (Lipinski definition) is 3. The fourth-order valence-corrected chi connectivity index (χ4v) is 5.92. The van der Waals surface area contributed by atoms with Gasteiger partial charge in [0.25, 0.3) is 0 Å². The summed E-state index contributed by atoms with van der Waals surface area (Å²) in [6.45, 7) is 2.26. The maximum Gasteiger partial charge on any atom is 0.221 e. The molecular formula is C18H22O3. The third kappa shape index (κ3) is 1.75. The van der Waals surface area contributed by atoms with E-state index in [1.165, 1.54) is 18.9 Å². The van der Waals surface area contributed by atoms with E-state index in [4.69, 9.17) is 0 Å². The van der Waals surface area contributed by atoms with Gasteiger partial charge >= 0.3 is 0 Å². The number of ketones is 3. The van der Waals surface area contributed by atoms with Gasteiger partial charge in [-0.15, -0.1) is 0 Å². The fourth-order valence-electron chi connectivity index (χ4n) is 5.92. The van der Waals surface area contributed by atoms with Crippen molar-refractivity contribution in [2.45, 2.75) is 45.4 Å². The zero-order valence-corrected chi connectivity index (χ0v) is 12.5. The van der Waals surface area contributed by atoms with Crippen molar-refractivity contribution in [3.63, 3.8) is 0 Å². The van der Waals surface area contributed by atoms with Gasteiger partial charge in [0.1, 0.15) is 5.78 Å². The largest absolute Gasteiger partial charge is 0.299 e. The van der Waals surface area contributed by atoms with Crippen LogP contribution in [0.5, 0.6) is 0 Å². The summed E-state index contributed by atoms with van der Waals surface area (Å²) < 4.78 is 0. The van der Waals surface area contributed by atoms with Gasteiger partial charge in [-0.05, 0) is 54.9 Å². The predicted octanol–water partition coefficient (Wildman–Crippen LogP) is 2.73. The van der Waals surface area contributed by atoms with Crippen LogP contribution < -0.4 is 0 Å². The lowest BCUT2D eigenvalue weighted by Crippen LogP contribution is -2.54. The summed E-state index contributed by atoms with van der Waals surface area (Å²) in [5, 5.41) is 0. The Morgan fingerprint density at radius 1 is 1.10 bits per heavy atom. The minimum absolute atomic E-state index is 0.117. The third-order valence-corrected chi connectivity index (χ3v) is 6.81. The fraction of sp³-hybridized carbons (Fsp3) is 0.722. The van der Waals surface area contributed by atoms with Gasteiger partial charge in [0, 0.05) is 18.3 Å². The van der Waals surface area contributed by atoms with Crippen molar-refractivity contribution < 1.29 is 14.4 Å². The predicted molar refractivity (Wildman–Crippen MR) is 77.4 cm³/mol. The highest BCUT2D eigenvalue weighted by Gasteiger charge is 2.58. The molecular weight excluding hydrogens is 264 g/mol. The Morgan fingerprint density at radius 3 is 2.71 bits per heavy atom. The molecule has 4 aliphatic rings. The zero-order chi connectivity index (χ0) is 14.8. The Morgan fingerprint density at radius 2 is 1.90 bits per heavy atom. The quantitative estimate of drug-likeness (QED) is 0.643. The van der Waals surface area contributed by atoms with Gasteiger partial charge in [-0.1, -0.05) is 19.4 Å². The topological polar surface area (TPSA) is 51.2 Å². The molecule has 3 heteroatoms. The minimum atomic E-state index is -0.399. The van der Waals surface area contributed by atoms with E-state index in [9.17, 15) is 14.4 Å². The average molecular weight is 286 g/mol. The van der Waals surface area contributed by atoms with Crippen molar-refractivity contribution in [2.24, 2.45) is 35.0 Å². The highest BCUT2D eigenvalue weighted by Crippen LogP contribution is 2.60. The maximum atomic E-state index is 12.8. The molecule has 0 aromatic heterocycles. The molecule has 0 radical (unpaired) electrons. The summed E-state index contributed by atoms with van der Waals surface area (Å²) in [5.41, 5.74) is 0.155. The van der Waals surface area contributed by atoms with Crippen molar-refractivity contribution in [3.05, 3.63) is 12.2 Å². The van der Waals surface area contributed by atoms with Crippen molar-refractivity contribution in [1.29, 1.82) is 0 Å². The standard InChI is InChI=1S/C18H22O3/c1-18-8-2-3-12(18)11-6-4-10-5-7-13(19)17(21)15(10)16(11)14(20)9-18/h5,7,10-12,15-16H,2-4,6,8-9H2,1H3/t10?,11-,12-,15-,16+,18-/m0/s1. The summed E-state index contributed by atoms with van der Waals surface area (Å²) in [7, 11) is 0. The molecule has 0 saturated heterocycles. The normalized spacial score (nSPS) is 48.8. The second kappa shape index (κ2) is 4.37. The molecule has 112 valence electrons. The van der Waals surface area contributed by atoms with Crippen LogP contribution in [-0.2, 0) is 14.4 Å². The molecule has 21 heavy (non-hydrogen) atoms. The lowest BCUT2D eigenvalue weighted by atomic mass is 9.51. The molecule has 4 rings (SSSR count). The molecule has 1 unspecified atom stereocenters. The number of allylic oxidation sites excluding steroid dienone is 2. The highest BCUT2D eigenvalue weighted by molar-refractivity contribution is 6.43. The van der Waals surface area contributed by atoms with E-state index in [1.807, 2.05) is 6.08 Å². The zero-order valence-electron chi connectivity index (χ0n) is 12.5. The van der Waals surface area contributed by atoms with Gasteiger partial charge in [0.05, 0.1) is 0 Å². The number of rotatable bonds is 0. The molecule has 3 fully saturated rings. The first-order chi connectivity index (χ1) is 10.0. The molecule has 6 atom stereocenters. The monoisotopic (exact) mass is 286 g/mol. The van der Waals surface area contributed by atoms with Crippen molar-refractivity contribution in [2.75, 3.05) is 0 Å². The van der Waals surface area contributed by atoms with Gasteiger partial charge in [-0.2, -0.15) is 0 Å². The highest BCUT2D eigenvalue weighted by atomic mass is 16.2. The Hall–Kier alpha value is -1.25. The van der Waals surface area contributed by atoms with Crippen LogP contribution in [-0.4, -0.2) is 17.3 Å². The average Bonchev–Trinajstić information content (AvgIpc) is 2.83. The maximum absolute atomic E-state index is 12.8. The summed E-state index contributed by atoms with van der Waals surface area (Å²) in [4.78, 5) is 36.9. The van der Waals surface area contributed by atoms with E-state index in [2.05, 4.69) is 6.92 Å². The molecule has 0 N–H and O–H groups in total. The van der Waals surface area contributed by atoms with Crippen LogP contribution in [0.4, 0.5) is 0 Å². The molecule has 0 aromatic carbocycles. The lowest BCUT2D eigenvalue weighted by Gasteiger charge is -2.51. The summed E-state index contributed by atoms with van der Waals surface area (Å²) >= 11 is 0. The minimum Gasteiger partial charge on any atom is -0.299 e. The van der Waals surface area contributed by atoms with Crippen LogP contribution in [0.2, 0.25) is 0 Å². The molecule has 0 heterocycles. The number of fused-ring (bicyclic) bond motifs is 5. The Kier molecular flexibility index (Phi) is 2.79. The van der Waals surface area contributed by atoms with Crippen LogP contribution in [0.3, 0.4) is 0 Å². The van der Waals surface area contributed by atoms with Crippen LogP contribution in [0, 0.1) is 35.0 Å². The lowest BCUT2D eigenvalue weighted by molar-refractivity contribution is -0.152. The van der Waals surface area contributed by atoms with Crippen LogP contribution in [0.1, 0.15) is 45.4 Å². The number of carbonyl (C=O) groups is 3. The van der Waals surface area contributed by atoms with Gasteiger partial charge < -0.3 is 0 Å². The Bertz CT molecular complexity index is 561. The molecule has 0 bridgehead atoms. The van der Waals surface area contributed by atoms with Crippen LogP contribution in [0.15, 0.2) is 12.2 Å². The first-order valence-corrected chi connectivity index (χ1v) is 8.30. The summed E-state index contributed by atoms with van der Waals surface area (Å²) in [5.74, 6) is 0.0630. The Labute approximate surface area is 125 Å². The SMILES string of the molecule is C[C@@]12CCC[C@H]1[C@@H]1CCC3C=CC(=O)C(=O)[C@@H]3[C@H]1C(=O)C2. The Balaban J connectivity index is 1.74. The van der Waals surface area contributed by atoms with Crippen molar-refractivity contribution in [3.8, 4) is 0 Å². The second-order valence-corrected chi connectivity index (χ2v) is 7.84. The first kappa shape index (κ1) is 13.4. The van der Waals surface area contributed by atoms with E-state index in [0.29, 0.717) is 18.3 Å². The molecule has 0 aromatic rings. The second-order valence-electron chi connectivity index (χ2n) is 7.84. The van der Waals surface area contributed by atoms with Crippen LogP contribution >= 0.6 is 0 Å². The summed E-state index contributed by atoms with van der Waals surface area (Å²) in [6, 6.07) is 0. The number of hydrogen-bond donors (Lipinski definition) is 0. The van der Waals surface area contributed by atoms with Gasteiger partial charge in [-0.3, -0.25) is 14.4 Å². The molecule has 4 aliphatic carbocycles. The van der Waals surface area contributed by atoms with E-state index in [1.54, 1.807) is 0 Å². The van der Waals surface area contributed by atoms with Crippen LogP contribution in [0.25, 0.3) is 0 Å². The number of Topliss-reactive ketones (excluding diaryl/α,β-unsaturated/α-hetero) is 2. The van der Waals surface area contributed by atoms with Gasteiger partial charge in [0.15, 0.2) is 0 Å². The van der Waals surface area contributed by atoms with E-state index >= 15 is 0 Å². The van der Waals surface area contributed by atoms with E-state index < -0.39 is 5.78 Å². The molecule has 0 spiro atoms. The van der Waals surface area contributed by atoms with E-state index in [-0.39, 0.29) is 34.7 Å². The first-order valence-electron chi connectivity index (χ1n) is 8.30. The van der Waals surface area contributed by atoms with Crippen molar-refractivity contribution >= 4 is 17.3 Å². The summed E-state index contributed by atoms with van der Waals surface area (Å²) in [6.07, 6.45) is 9.49. The number of carbonyl (C=O) groups excluding carboxylic acids is 3. The van der Waals surface area contributed by atoms with E-state index in [0.717, 1.165) is 19.3 Å². The molecule has 0 amide bonds. The third-order valence-electron chi connectivity index (χ3n) is 6.81. The van der Waals surface area contributed by atoms with Crippen molar-refractivity contribution in [1.82, 2.24) is 0 Å². The molecule has 0 aliphatic heterocycles. The van der Waals surface area contributed by atoms with Gasteiger partial charge in [-0.25, -0.2) is 0 Å². The smallest absolute Gasteiger partial charge is 0.221 e. The van der Waals surface area contributed by atoms with Gasteiger partial charge in [0.2, 0.25) is 11.6 Å². The molecule has 3 nitrogen and oxygen atoms in total. The molecule has 3 saturated carbocycles.